The van der Waals surface area contributed by atoms with Crippen LogP contribution in [0, 0.1) is 6.92 Å². The van der Waals surface area contributed by atoms with Crippen LogP contribution in [0.1, 0.15) is 18.1 Å². The third kappa shape index (κ3) is 2.88. The van der Waals surface area contributed by atoms with Crippen LogP contribution in [0.3, 0.4) is 0 Å². The van der Waals surface area contributed by atoms with Crippen molar-refractivity contribution in [2.75, 3.05) is 11.5 Å². The highest BCUT2D eigenvalue weighted by Crippen LogP contribution is 2.32. The summed E-state index contributed by atoms with van der Waals surface area (Å²) in [5, 5.41) is 0. The van der Waals surface area contributed by atoms with Gasteiger partial charge in [-0.3, -0.25) is 4.79 Å². The van der Waals surface area contributed by atoms with Gasteiger partial charge in [0, 0.05) is 11.7 Å². The van der Waals surface area contributed by atoms with Gasteiger partial charge >= 0.3 is 0 Å². The molecule has 22 heavy (non-hydrogen) atoms. The normalized spacial score (nSPS) is 16.5. The Morgan fingerprint density at radius 1 is 1.32 bits per heavy atom. The Kier molecular flexibility index (Phi) is 4.21. The Morgan fingerprint density at radius 3 is 2.86 bits per heavy atom. The van der Waals surface area contributed by atoms with Crippen LogP contribution in [0.5, 0.6) is 5.75 Å². The summed E-state index contributed by atoms with van der Waals surface area (Å²) in [5.41, 5.74) is 3.37. The van der Waals surface area contributed by atoms with Crippen molar-refractivity contribution in [3.63, 3.8) is 0 Å². The van der Waals surface area contributed by atoms with Gasteiger partial charge in [-0.1, -0.05) is 24.3 Å². The number of rotatable bonds is 3. The number of carbonyl (C=O) groups excluding carboxylic acids is 1. The van der Waals surface area contributed by atoms with E-state index in [4.69, 9.17) is 4.74 Å². The van der Waals surface area contributed by atoms with Crippen LogP contribution in [0.15, 0.2) is 46.9 Å². The summed E-state index contributed by atoms with van der Waals surface area (Å²) in [4.78, 5) is 14.4. The van der Waals surface area contributed by atoms with Crippen LogP contribution in [0.4, 0.5) is 5.69 Å². The van der Waals surface area contributed by atoms with Crippen LogP contribution in [-0.4, -0.2) is 18.6 Å². The third-order valence-electron chi connectivity index (χ3n) is 3.91. The third-order valence-corrected chi connectivity index (χ3v) is 4.53. The predicted molar refractivity (Wildman–Crippen MR) is 91.5 cm³/mol. The maximum Gasteiger partial charge on any atom is 0.265 e. The molecule has 0 spiro atoms. The van der Waals surface area contributed by atoms with Crippen LogP contribution in [-0.2, 0) is 11.2 Å². The number of halogens is 1. The fourth-order valence-electron chi connectivity index (χ4n) is 2.88. The van der Waals surface area contributed by atoms with Gasteiger partial charge < -0.3 is 9.64 Å². The highest BCUT2D eigenvalue weighted by Gasteiger charge is 2.30. The zero-order chi connectivity index (χ0) is 15.7. The largest absolute Gasteiger partial charge is 0.483 e. The van der Waals surface area contributed by atoms with Crippen molar-refractivity contribution in [3.8, 4) is 5.75 Å². The number of hydrogen-bond donors (Lipinski definition) is 0. The molecular formula is C18H18BrNO2. The van der Waals surface area contributed by atoms with E-state index in [0.29, 0.717) is 5.75 Å². The SMILES string of the molecule is Cc1ccc(OCC(=O)N2c3ccccc3C[C@@H]2C)c(Br)c1. The summed E-state index contributed by atoms with van der Waals surface area (Å²) in [7, 11) is 0. The van der Waals surface area contributed by atoms with E-state index < -0.39 is 0 Å². The molecule has 0 bridgehead atoms. The van der Waals surface area contributed by atoms with Crippen molar-refractivity contribution in [1.82, 2.24) is 0 Å². The average Bonchev–Trinajstić information content (AvgIpc) is 2.82. The number of aryl methyl sites for hydroxylation is 1. The van der Waals surface area contributed by atoms with Gasteiger partial charge in [-0.05, 0) is 65.5 Å². The lowest BCUT2D eigenvalue weighted by Gasteiger charge is -2.23. The molecule has 0 radical (unpaired) electrons. The summed E-state index contributed by atoms with van der Waals surface area (Å²) in [6.07, 6.45) is 0.899. The molecule has 2 aromatic carbocycles. The van der Waals surface area contributed by atoms with E-state index in [1.807, 2.05) is 48.2 Å². The molecule has 0 fully saturated rings. The predicted octanol–water partition coefficient (Wildman–Crippen LogP) is 4.11. The molecule has 3 rings (SSSR count). The van der Waals surface area contributed by atoms with Crippen molar-refractivity contribution in [2.24, 2.45) is 0 Å². The number of amides is 1. The monoisotopic (exact) mass is 359 g/mol. The lowest BCUT2D eigenvalue weighted by Crippen LogP contribution is -2.39. The molecular weight excluding hydrogens is 342 g/mol. The number of nitrogens with zero attached hydrogens (tertiary/aromatic N) is 1. The molecule has 114 valence electrons. The van der Waals surface area contributed by atoms with Crippen molar-refractivity contribution < 1.29 is 9.53 Å². The molecule has 0 saturated heterocycles. The van der Waals surface area contributed by atoms with Crippen LogP contribution >= 0.6 is 15.9 Å². The first-order valence-electron chi connectivity index (χ1n) is 7.35. The number of hydrogen-bond acceptors (Lipinski definition) is 2. The number of para-hydroxylation sites is 1. The summed E-state index contributed by atoms with van der Waals surface area (Å²) < 4.78 is 6.56. The molecule has 0 unspecified atom stereocenters. The molecule has 0 saturated carbocycles. The molecule has 4 heteroatoms. The topological polar surface area (TPSA) is 29.5 Å². The average molecular weight is 360 g/mol. The molecule has 1 aliphatic rings. The summed E-state index contributed by atoms with van der Waals surface area (Å²) in [6.45, 7) is 4.13. The molecule has 1 aliphatic heterocycles. The molecule has 2 aromatic rings. The van der Waals surface area contributed by atoms with Gasteiger partial charge in [-0.2, -0.15) is 0 Å². The quantitative estimate of drug-likeness (QED) is 0.824. The van der Waals surface area contributed by atoms with Gasteiger partial charge in [-0.15, -0.1) is 0 Å². The minimum absolute atomic E-state index is 0.00933. The fourth-order valence-corrected chi connectivity index (χ4v) is 3.49. The number of ether oxygens (including phenoxy) is 1. The fraction of sp³-hybridized carbons (Fsp3) is 0.278. The molecule has 3 nitrogen and oxygen atoms in total. The molecule has 1 atom stereocenters. The number of anilines is 1. The summed E-state index contributed by atoms with van der Waals surface area (Å²) in [5.74, 6) is 0.684. The van der Waals surface area contributed by atoms with Crippen molar-refractivity contribution in [1.29, 1.82) is 0 Å². The second-order valence-corrected chi connectivity index (χ2v) is 6.52. The van der Waals surface area contributed by atoms with E-state index in [1.54, 1.807) is 0 Å². The van der Waals surface area contributed by atoms with Gasteiger partial charge in [0.1, 0.15) is 5.75 Å². The lowest BCUT2D eigenvalue weighted by atomic mass is 10.1. The minimum atomic E-state index is -0.00933. The second kappa shape index (κ2) is 6.13. The Labute approximate surface area is 139 Å². The Morgan fingerprint density at radius 2 is 2.09 bits per heavy atom. The van der Waals surface area contributed by atoms with E-state index in [0.717, 1.165) is 22.1 Å². The van der Waals surface area contributed by atoms with Crippen LogP contribution in [0.2, 0.25) is 0 Å². The smallest absolute Gasteiger partial charge is 0.265 e. The van der Waals surface area contributed by atoms with Gasteiger partial charge in [0.05, 0.1) is 4.47 Å². The summed E-state index contributed by atoms with van der Waals surface area (Å²) >= 11 is 3.47. The van der Waals surface area contributed by atoms with Gasteiger partial charge in [0.2, 0.25) is 0 Å². The standard InChI is InChI=1S/C18H18BrNO2/c1-12-7-8-17(15(19)9-12)22-11-18(21)20-13(2)10-14-5-3-4-6-16(14)20/h3-9,13H,10-11H2,1-2H3/t13-/m0/s1. The molecule has 0 aliphatic carbocycles. The molecule has 1 amide bonds. The zero-order valence-electron chi connectivity index (χ0n) is 12.7. The maximum absolute atomic E-state index is 12.6. The Bertz CT molecular complexity index is 714. The molecule has 0 N–H and O–H groups in total. The van der Waals surface area contributed by atoms with Crippen LogP contribution < -0.4 is 9.64 Å². The van der Waals surface area contributed by atoms with E-state index in [1.165, 1.54) is 5.56 Å². The minimum Gasteiger partial charge on any atom is -0.483 e. The second-order valence-electron chi connectivity index (χ2n) is 5.67. The van der Waals surface area contributed by atoms with E-state index in [2.05, 4.69) is 28.9 Å². The highest BCUT2D eigenvalue weighted by atomic mass is 79.9. The lowest BCUT2D eigenvalue weighted by molar-refractivity contribution is -0.120. The van der Waals surface area contributed by atoms with Gasteiger partial charge in [-0.25, -0.2) is 0 Å². The number of carbonyl (C=O) groups is 1. The zero-order valence-corrected chi connectivity index (χ0v) is 14.3. The highest BCUT2D eigenvalue weighted by molar-refractivity contribution is 9.10. The number of fused-ring (bicyclic) bond motifs is 1. The molecule has 1 heterocycles. The Balaban J connectivity index is 1.72. The van der Waals surface area contributed by atoms with Crippen LogP contribution in [0.25, 0.3) is 0 Å². The van der Waals surface area contributed by atoms with Gasteiger partial charge in [0.15, 0.2) is 6.61 Å². The van der Waals surface area contributed by atoms with E-state index >= 15 is 0 Å². The van der Waals surface area contributed by atoms with Gasteiger partial charge in [0.25, 0.3) is 5.91 Å². The number of benzene rings is 2. The first-order valence-corrected chi connectivity index (χ1v) is 8.14. The molecule has 0 aromatic heterocycles. The van der Waals surface area contributed by atoms with Crippen molar-refractivity contribution in [3.05, 3.63) is 58.1 Å². The van der Waals surface area contributed by atoms with Crippen molar-refractivity contribution >= 4 is 27.5 Å². The van der Waals surface area contributed by atoms with E-state index in [-0.39, 0.29) is 18.6 Å². The first kappa shape index (κ1) is 15.1. The Hall–Kier alpha value is -1.81. The van der Waals surface area contributed by atoms with Crippen molar-refractivity contribution in [2.45, 2.75) is 26.3 Å². The first-order chi connectivity index (χ1) is 10.6. The summed E-state index contributed by atoms with van der Waals surface area (Å²) in [6, 6.07) is 14.1. The maximum atomic E-state index is 12.6. The van der Waals surface area contributed by atoms with E-state index in [9.17, 15) is 4.79 Å².